The van der Waals surface area contributed by atoms with Gasteiger partial charge in [0.05, 0.1) is 5.02 Å². The SMILES string of the molecule is CNCc1cc(Cl)cn1C. The van der Waals surface area contributed by atoms with Crippen LogP contribution in [0.4, 0.5) is 0 Å². The number of hydrogen-bond acceptors (Lipinski definition) is 1. The molecular formula is C7H11ClN2. The number of aryl methyl sites for hydroxylation is 1. The lowest BCUT2D eigenvalue weighted by Gasteiger charge is -1.99. The van der Waals surface area contributed by atoms with Crippen molar-refractivity contribution >= 4 is 11.6 Å². The van der Waals surface area contributed by atoms with Crippen LogP contribution in [0.1, 0.15) is 5.69 Å². The van der Waals surface area contributed by atoms with Crippen molar-refractivity contribution in [1.29, 1.82) is 0 Å². The van der Waals surface area contributed by atoms with Crippen molar-refractivity contribution in [2.75, 3.05) is 7.05 Å². The second-order valence-corrected chi connectivity index (χ2v) is 2.73. The average molecular weight is 159 g/mol. The molecule has 0 unspecified atom stereocenters. The Kier molecular flexibility index (Phi) is 2.35. The third-order valence-electron chi connectivity index (χ3n) is 1.43. The van der Waals surface area contributed by atoms with Crippen LogP contribution < -0.4 is 5.32 Å². The fourth-order valence-corrected chi connectivity index (χ4v) is 1.20. The van der Waals surface area contributed by atoms with Gasteiger partial charge < -0.3 is 9.88 Å². The van der Waals surface area contributed by atoms with Gasteiger partial charge in [0.2, 0.25) is 0 Å². The highest BCUT2D eigenvalue weighted by molar-refractivity contribution is 6.30. The van der Waals surface area contributed by atoms with Crippen molar-refractivity contribution in [2.45, 2.75) is 6.54 Å². The van der Waals surface area contributed by atoms with Gasteiger partial charge in [-0.25, -0.2) is 0 Å². The van der Waals surface area contributed by atoms with E-state index in [2.05, 4.69) is 5.32 Å². The van der Waals surface area contributed by atoms with Crippen LogP contribution in [0.2, 0.25) is 5.02 Å². The molecule has 0 amide bonds. The molecule has 0 atom stereocenters. The van der Waals surface area contributed by atoms with Crippen LogP contribution in [0.15, 0.2) is 12.3 Å². The summed E-state index contributed by atoms with van der Waals surface area (Å²) in [6.45, 7) is 0.864. The van der Waals surface area contributed by atoms with Crippen molar-refractivity contribution in [2.24, 2.45) is 7.05 Å². The van der Waals surface area contributed by atoms with Crippen LogP contribution in [0.3, 0.4) is 0 Å². The molecule has 0 bridgehead atoms. The van der Waals surface area contributed by atoms with E-state index in [9.17, 15) is 0 Å². The highest BCUT2D eigenvalue weighted by Crippen LogP contribution is 2.11. The maximum Gasteiger partial charge on any atom is 0.0585 e. The molecule has 0 radical (unpaired) electrons. The minimum Gasteiger partial charge on any atom is -0.352 e. The highest BCUT2D eigenvalue weighted by Gasteiger charge is 1.97. The molecular weight excluding hydrogens is 148 g/mol. The van der Waals surface area contributed by atoms with E-state index in [4.69, 9.17) is 11.6 Å². The van der Waals surface area contributed by atoms with Gasteiger partial charge in [0.1, 0.15) is 0 Å². The van der Waals surface area contributed by atoms with E-state index in [0.717, 1.165) is 11.6 Å². The maximum absolute atomic E-state index is 5.75. The Morgan fingerprint density at radius 3 is 2.80 bits per heavy atom. The van der Waals surface area contributed by atoms with Gasteiger partial charge in [-0.1, -0.05) is 11.6 Å². The van der Waals surface area contributed by atoms with Gasteiger partial charge in [0.15, 0.2) is 0 Å². The summed E-state index contributed by atoms with van der Waals surface area (Å²) in [4.78, 5) is 0. The van der Waals surface area contributed by atoms with Gasteiger partial charge in [-0.2, -0.15) is 0 Å². The molecule has 2 nitrogen and oxygen atoms in total. The lowest BCUT2D eigenvalue weighted by Crippen LogP contribution is -2.08. The molecule has 0 spiro atoms. The quantitative estimate of drug-likeness (QED) is 0.689. The van der Waals surface area contributed by atoms with Gasteiger partial charge >= 0.3 is 0 Å². The summed E-state index contributed by atoms with van der Waals surface area (Å²) in [7, 11) is 3.90. The molecule has 10 heavy (non-hydrogen) atoms. The number of rotatable bonds is 2. The largest absolute Gasteiger partial charge is 0.352 e. The van der Waals surface area contributed by atoms with E-state index in [1.165, 1.54) is 5.69 Å². The summed E-state index contributed by atoms with van der Waals surface area (Å²) in [5.74, 6) is 0. The first kappa shape index (κ1) is 7.63. The molecule has 1 aromatic rings. The molecule has 1 aromatic heterocycles. The Morgan fingerprint density at radius 1 is 1.70 bits per heavy atom. The van der Waals surface area contributed by atoms with Gasteiger partial charge in [0, 0.05) is 25.5 Å². The molecule has 0 aliphatic heterocycles. The molecule has 0 saturated heterocycles. The smallest absolute Gasteiger partial charge is 0.0585 e. The number of halogens is 1. The predicted molar refractivity (Wildman–Crippen MR) is 43.2 cm³/mol. The molecule has 1 N–H and O–H groups in total. The lowest BCUT2D eigenvalue weighted by molar-refractivity contribution is 0.734. The molecule has 56 valence electrons. The Bertz CT molecular complexity index is 217. The van der Waals surface area contributed by atoms with Gasteiger partial charge in [-0.15, -0.1) is 0 Å². The fraction of sp³-hybridized carbons (Fsp3) is 0.429. The topological polar surface area (TPSA) is 17.0 Å². The first-order valence-corrected chi connectivity index (χ1v) is 3.57. The Balaban J connectivity index is 2.81. The minimum atomic E-state index is 0.799. The second-order valence-electron chi connectivity index (χ2n) is 2.29. The normalized spacial score (nSPS) is 10.3. The van der Waals surface area contributed by atoms with E-state index in [1.807, 2.05) is 30.9 Å². The van der Waals surface area contributed by atoms with Crippen LogP contribution in [-0.4, -0.2) is 11.6 Å². The molecule has 0 saturated carbocycles. The zero-order chi connectivity index (χ0) is 7.56. The lowest BCUT2D eigenvalue weighted by atomic mass is 10.4. The van der Waals surface area contributed by atoms with Crippen molar-refractivity contribution in [3.63, 3.8) is 0 Å². The molecule has 0 aliphatic carbocycles. The molecule has 3 heteroatoms. The number of hydrogen-bond donors (Lipinski definition) is 1. The third-order valence-corrected chi connectivity index (χ3v) is 1.64. The zero-order valence-corrected chi connectivity index (χ0v) is 6.94. The van der Waals surface area contributed by atoms with Crippen molar-refractivity contribution < 1.29 is 0 Å². The standard InChI is InChI=1S/C7H11ClN2/c1-9-4-7-3-6(8)5-10(7)2/h3,5,9H,4H2,1-2H3. The van der Waals surface area contributed by atoms with Gasteiger partial charge in [-0.05, 0) is 13.1 Å². The van der Waals surface area contributed by atoms with Gasteiger partial charge in [0.25, 0.3) is 0 Å². The van der Waals surface area contributed by atoms with Crippen LogP contribution in [0, 0.1) is 0 Å². The summed E-state index contributed by atoms with van der Waals surface area (Å²) in [6, 6.07) is 1.96. The van der Waals surface area contributed by atoms with Crippen LogP contribution >= 0.6 is 11.6 Å². The Labute approximate surface area is 65.8 Å². The maximum atomic E-state index is 5.75. The van der Waals surface area contributed by atoms with E-state index in [0.29, 0.717) is 0 Å². The monoisotopic (exact) mass is 158 g/mol. The zero-order valence-electron chi connectivity index (χ0n) is 6.19. The van der Waals surface area contributed by atoms with Crippen molar-refractivity contribution in [3.8, 4) is 0 Å². The second kappa shape index (κ2) is 3.08. The van der Waals surface area contributed by atoms with Crippen LogP contribution in [0.5, 0.6) is 0 Å². The molecule has 1 heterocycles. The van der Waals surface area contributed by atoms with E-state index in [-0.39, 0.29) is 0 Å². The minimum absolute atomic E-state index is 0.799. The molecule has 0 aromatic carbocycles. The molecule has 0 fully saturated rings. The number of aromatic nitrogens is 1. The first-order valence-electron chi connectivity index (χ1n) is 3.19. The summed E-state index contributed by atoms with van der Waals surface area (Å²) >= 11 is 5.75. The Morgan fingerprint density at radius 2 is 2.40 bits per heavy atom. The van der Waals surface area contributed by atoms with Crippen molar-refractivity contribution in [1.82, 2.24) is 9.88 Å². The third kappa shape index (κ3) is 1.52. The predicted octanol–water partition coefficient (Wildman–Crippen LogP) is 1.40. The number of nitrogens with one attached hydrogen (secondary N) is 1. The summed E-state index contributed by atoms with van der Waals surface area (Å²) in [5, 5.41) is 3.86. The highest BCUT2D eigenvalue weighted by atomic mass is 35.5. The first-order chi connectivity index (χ1) is 4.74. The fourth-order valence-electron chi connectivity index (χ4n) is 0.923. The Hall–Kier alpha value is -0.470. The average Bonchev–Trinajstić information content (AvgIpc) is 2.13. The molecule has 1 rings (SSSR count). The van der Waals surface area contributed by atoms with Crippen LogP contribution in [0.25, 0.3) is 0 Å². The van der Waals surface area contributed by atoms with E-state index in [1.54, 1.807) is 0 Å². The van der Waals surface area contributed by atoms with Gasteiger partial charge in [-0.3, -0.25) is 0 Å². The summed E-state index contributed by atoms with van der Waals surface area (Å²) < 4.78 is 2.01. The molecule has 0 aliphatic rings. The van der Waals surface area contributed by atoms with Crippen LogP contribution in [-0.2, 0) is 13.6 Å². The van der Waals surface area contributed by atoms with E-state index >= 15 is 0 Å². The number of nitrogens with zero attached hydrogens (tertiary/aromatic N) is 1. The summed E-state index contributed by atoms with van der Waals surface area (Å²) in [6.07, 6.45) is 1.90. The van der Waals surface area contributed by atoms with Crippen molar-refractivity contribution in [3.05, 3.63) is 23.0 Å². The summed E-state index contributed by atoms with van der Waals surface area (Å²) in [5.41, 5.74) is 1.20. The van der Waals surface area contributed by atoms with E-state index < -0.39 is 0 Å².